The van der Waals surface area contributed by atoms with Crippen LogP contribution in [-0.4, -0.2) is 46.3 Å². The van der Waals surface area contributed by atoms with Crippen LogP contribution in [-0.2, 0) is 0 Å². The maximum Gasteiger partial charge on any atom is 0.140 e. The second-order valence-corrected chi connectivity index (χ2v) is 5.74. The minimum atomic E-state index is 0.933. The minimum Gasteiger partial charge on any atom is -0.367 e. The molecule has 2 aromatic heterocycles. The zero-order chi connectivity index (χ0) is 15.6. The number of piperazine rings is 1. The highest BCUT2D eigenvalue weighted by Gasteiger charge is 2.20. The molecule has 0 spiro atoms. The predicted molar refractivity (Wildman–Crippen MR) is 90.7 cm³/mol. The van der Waals surface area contributed by atoms with E-state index >= 15 is 0 Å². The molecule has 1 aliphatic rings. The van der Waals surface area contributed by atoms with Gasteiger partial charge in [-0.2, -0.15) is 10.2 Å². The Balaban J connectivity index is 1.60. The molecule has 0 N–H and O–H groups in total. The molecule has 1 aliphatic heterocycles. The molecule has 1 aromatic carbocycles. The number of aromatic nitrogens is 4. The van der Waals surface area contributed by atoms with Gasteiger partial charge in [0.05, 0.1) is 23.6 Å². The summed E-state index contributed by atoms with van der Waals surface area (Å²) in [6.07, 6.45) is 5.22. The Labute approximate surface area is 134 Å². The molecule has 23 heavy (non-hydrogen) atoms. The number of nitrogens with zero attached hydrogens (tertiary/aromatic N) is 6. The summed E-state index contributed by atoms with van der Waals surface area (Å²) in [5.41, 5.74) is 3.36. The van der Waals surface area contributed by atoms with Crippen LogP contribution in [0.2, 0.25) is 0 Å². The van der Waals surface area contributed by atoms with Crippen molar-refractivity contribution < 1.29 is 0 Å². The van der Waals surface area contributed by atoms with E-state index in [4.69, 9.17) is 0 Å². The van der Waals surface area contributed by atoms with E-state index in [2.05, 4.69) is 43.0 Å². The van der Waals surface area contributed by atoms with Crippen molar-refractivity contribution >= 4 is 22.4 Å². The van der Waals surface area contributed by atoms with Crippen LogP contribution in [0.4, 0.5) is 11.5 Å². The van der Waals surface area contributed by atoms with Crippen LogP contribution in [0.15, 0.2) is 43.0 Å². The summed E-state index contributed by atoms with van der Waals surface area (Å²) in [5.74, 6) is 1.04. The molecule has 0 atom stereocenters. The van der Waals surface area contributed by atoms with E-state index in [0.717, 1.165) is 48.6 Å². The van der Waals surface area contributed by atoms with Gasteiger partial charge in [0.25, 0.3) is 0 Å². The summed E-state index contributed by atoms with van der Waals surface area (Å²) >= 11 is 0. The molecule has 1 fully saturated rings. The van der Waals surface area contributed by atoms with E-state index in [0.29, 0.717) is 0 Å². The van der Waals surface area contributed by atoms with Gasteiger partial charge in [-0.3, -0.25) is 0 Å². The van der Waals surface area contributed by atoms with E-state index in [1.807, 2.05) is 24.4 Å². The molecule has 116 valence electrons. The lowest BCUT2D eigenvalue weighted by Crippen LogP contribution is -2.47. The van der Waals surface area contributed by atoms with Gasteiger partial charge in [0.2, 0.25) is 0 Å². The summed E-state index contributed by atoms with van der Waals surface area (Å²) in [6, 6.07) is 8.22. The van der Waals surface area contributed by atoms with E-state index in [1.165, 1.54) is 5.56 Å². The summed E-state index contributed by atoms with van der Waals surface area (Å²) in [6.45, 7) is 5.88. The highest BCUT2D eigenvalue weighted by atomic mass is 15.3. The van der Waals surface area contributed by atoms with Crippen molar-refractivity contribution in [3.8, 4) is 0 Å². The third-order valence-corrected chi connectivity index (χ3v) is 4.36. The van der Waals surface area contributed by atoms with Crippen LogP contribution in [0.1, 0.15) is 5.56 Å². The van der Waals surface area contributed by atoms with Gasteiger partial charge in [0, 0.05) is 31.6 Å². The van der Waals surface area contributed by atoms with Gasteiger partial charge in [-0.1, -0.05) is 12.1 Å². The zero-order valence-corrected chi connectivity index (χ0v) is 13.1. The molecule has 6 heteroatoms. The second-order valence-electron chi connectivity index (χ2n) is 5.74. The zero-order valence-electron chi connectivity index (χ0n) is 13.1. The number of rotatable bonds is 2. The molecule has 3 aromatic rings. The molecular weight excluding hydrogens is 288 g/mol. The smallest absolute Gasteiger partial charge is 0.140 e. The normalized spacial score (nSPS) is 15.2. The van der Waals surface area contributed by atoms with Crippen molar-refractivity contribution in [2.24, 2.45) is 0 Å². The minimum absolute atomic E-state index is 0.933. The molecule has 0 bridgehead atoms. The van der Waals surface area contributed by atoms with E-state index < -0.39 is 0 Å². The van der Waals surface area contributed by atoms with Crippen LogP contribution in [0.3, 0.4) is 0 Å². The van der Waals surface area contributed by atoms with Crippen LogP contribution in [0, 0.1) is 6.92 Å². The lowest BCUT2D eigenvalue weighted by Gasteiger charge is -2.36. The first-order valence-electron chi connectivity index (χ1n) is 7.80. The Morgan fingerprint density at radius 1 is 0.913 bits per heavy atom. The van der Waals surface area contributed by atoms with Gasteiger partial charge in [-0.15, -0.1) is 0 Å². The number of fused-ring (bicyclic) bond motifs is 1. The third kappa shape index (κ3) is 2.56. The van der Waals surface area contributed by atoms with Crippen LogP contribution in [0.25, 0.3) is 10.9 Å². The average molecular weight is 306 g/mol. The standard InChI is InChI=1S/C17H18N6/c1-13-3-2-4-15-16(13)17(19-12-18-15)23-9-7-22(8-10-23)14-5-6-20-21-11-14/h2-6,11-12H,7-10H2,1H3. The highest BCUT2D eigenvalue weighted by Crippen LogP contribution is 2.27. The van der Waals surface area contributed by atoms with Crippen molar-refractivity contribution in [1.29, 1.82) is 0 Å². The molecule has 6 nitrogen and oxygen atoms in total. The second kappa shape index (κ2) is 5.79. The van der Waals surface area contributed by atoms with Crippen molar-refractivity contribution in [3.63, 3.8) is 0 Å². The van der Waals surface area contributed by atoms with Crippen LogP contribution < -0.4 is 9.80 Å². The van der Waals surface area contributed by atoms with Gasteiger partial charge >= 0.3 is 0 Å². The SMILES string of the molecule is Cc1cccc2ncnc(N3CCN(c4ccnnc4)CC3)c12. The molecule has 0 radical (unpaired) electrons. The van der Waals surface area contributed by atoms with Gasteiger partial charge in [-0.05, 0) is 24.6 Å². The first-order valence-corrected chi connectivity index (χ1v) is 7.80. The maximum absolute atomic E-state index is 4.56. The summed E-state index contributed by atoms with van der Waals surface area (Å²) in [5, 5.41) is 8.97. The summed E-state index contributed by atoms with van der Waals surface area (Å²) in [4.78, 5) is 13.6. The molecule has 0 amide bonds. The fourth-order valence-corrected chi connectivity index (χ4v) is 3.15. The lowest BCUT2D eigenvalue weighted by molar-refractivity contribution is 0.647. The van der Waals surface area contributed by atoms with Gasteiger partial charge in [0.1, 0.15) is 12.1 Å². The van der Waals surface area contributed by atoms with Crippen LogP contribution in [0.5, 0.6) is 0 Å². The van der Waals surface area contributed by atoms with Crippen molar-refractivity contribution in [1.82, 2.24) is 20.2 Å². The Kier molecular flexibility index (Phi) is 3.49. The predicted octanol–water partition coefficient (Wildman–Crippen LogP) is 2.05. The first-order chi connectivity index (χ1) is 11.3. The largest absolute Gasteiger partial charge is 0.367 e. The number of anilines is 2. The maximum atomic E-state index is 4.56. The first kappa shape index (κ1) is 13.9. The van der Waals surface area contributed by atoms with Crippen molar-refractivity contribution in [3.05, 3.63) is 48.5 Å². The average Bonchev–Trinajstić information content (AvgIpc) is 2.62. The van der Waals surface area contributed by atoms with E-state index in [9.17, 15) is 0 Å². The highest BCUT2D eigenvalue weighted by molar-refractivity contribution is 5.92. The lowest BCUT2D eigenvalue weighted by atomic mass is 10.1. The number of hydrogen-bond donors (Lipinski definition) is 0. The summed E-state index contributed by atoms with van der Waals surface area (Å²) < 4.78 is 0. The quantitative estimate of drug-likeness (QED) is 0.722. The number of aryl methyl sites for hydroxylation is 1. The van der Waals surface area contributed by atoms with Crippen LogP contribution >= 0.6 is 0 Å². The molecule has 3 heterocycles. The Morgan fingerprint density at radius 2 is 1.74 bits per heavy atom. The van der Waals surface area contributed by atoms with Crippen molar-refractivity contribution in [2.45, 2.75) is 6.92 Å². The van der Waals surface area contributed by atoms with Gasteiger partial charge in [0.15, 0.2) is 0 Å². The molecule has 0 saturated carbocycles. The summed E-state index contributed by atoms with van der Waals surface area (Å²) in [7, 11) is 0. The molecule has 0 unspecified atom stereocenters. The fourth-order valence-electron chi connectivity index (χ4n) is 3.15. The molecule has 0 aliphatic carbocycles. The molecular formula is C17H18N6. The van der Waals surface area contributed by atoms with E-state index in [1.54, 1.807) is 12.5 Å². The molecule has 1 saturated heterocycles. The van der Waals surface area contributed by atoms with Gasteiger partial charge in [-0.25, -0.2) is 9.97 Å². The number of benzene rings is 1. The van der Waals surface area contributed by atoms with Gasteiger partial charge < -0.3 is 9.80 Å². The Hall–Kier alpha value is -2.76. The number of hydrogen-bond acceptors (Lipinski definition) is 6. The third-order valence-electron chi connectivity index (χ3n) is 4.36. The monoisotopic (exact) mass is 306 g/mol. The molecule has 4 rings (SSSR count). The Morgan fingerprint density at radius 3 is 2.52 bits per heavy atom. The Bertz CT molecular complexity index is 806. The van der Waals surface area contributed by atoms with Crippen molar-refractivity contribution in [2.75, 3.05) is 36.0 Å². The topological polar surface area (TPSA) is 58.0 Å². The van der Waals surface area contributed by atoms with E-state index in [-0.39, 0.29) is 0 Å². The fraction of sp³-hybridized carbons (Fsp3) is 0.294.